The Kier molecular flexibility index (Phi) is 5.36. The molecule has 0 aliphatic carbocycles. The summed E-state index contributed by atoms with van der Waals surface area (Å²) in [5.74, 6) is -0.392. The molecule has 2 amide bonds. The van der Waals surface area contributed by atoms with Crippen LogP contribution in [-0.4, -0.2) is 28.1 Å². The quantitative estimate of drug-likeness (QED) is 0.775. The fraction of sp³-hybridized carbons (Fsp3) is 0.444. The highest BCUT2D eigenvalue weighted by Crippen LogP contribution is 2.23. The van der Waals surface area contributed by atoms with E-state index in [9.17, 15) is 9.59 Å². The minimum atomic E-state index is -1.21. The van der Waals surface area contributed by atoms with Gasteiger partial charge in [0.25, 0.3) is 0 Å². The molecule has 8 heteroatoms. The molecule has 1 unspecified atom stereocenters. The molecule has 1 aromatic rings. The molecule has 0 aromatic carbocycles. The number of rotatable bonds is 5. The number of carboxylic acid groups (broad SMARTS) is 1. The van der Waals surface area contributed by atoms with Gasteiger partial charge in [0, 0.05) is 0 Å². The summed E-state index contributed by atoms with van der Waals surface area (Å²) in [6.45, 7) is 1.88. The lowest BCUT2D eigenvalue weighted by molar-refractivity contribution is -0.118. The van der Waals surface area contributed by atoms with Crippen molar-refractivity contribution in [2.75, 3.05) is 5.32 Å². The van der Waals surface area contributed by atoms with E-state index in [0.29, 0.717) is 18.0 Å². The zero-order valence-electron chi connectivity index (χ0n) is 9.07. The molecule has 6 nitrogen and oxygen atoms in total. The van der Waals surface area contributed by atoms with Crippen LogP contribution >= 0.6 is 27.3 Å². The third-order valence-corrected chi connectivity index (χ3v) is 3.29. The molecular weight excluding hydrogens is 310 g/mol. The van der Waals surface area contributed by atoms with Crippen LogP contribution in [0, 0.1) is 0 Å². The molecule has 0 aliphatic heterocycles. The number of carbonyl (C=O) groups excluding carboxylic acids is 1. The Balaban J connectivity index is 2.61. The van der Waals surface area contributed by atoms with Gasteiger partial charge in [-0.1, -0.05) is 24.7 Å². The number of nitrogens with one attached hydrogen (secondary N) is 2. The van der Waals surface area contributed by atoms with Crippen molar-refractivity contribution in [1.82, 2.24) is 10.3 Å². The van der Waals surface area contributed by atoms with Crippen LogP contribution in [0.15, 0.2) is 9.98 Å². The molecule has 1 aromatic heterocycles. The number of amides is 2. The second-order valence-corrected chi connectivity index (χ2v) is 5.66. The molecule has 0 spiro atoms. The normalized spacial score (nSPS) is 11.9. The topological polar surface area (TPSA) is 91.3 Å². The van der Waals surface area contributed by atoms with Crippen molar-refractivity contribution < 1.29 is 14.7 Å². The van der Waals surface area contributed by atoms with E-state index in [1.54, 1.807) is 6.20 Å². The van der Waals surface area contributed by atoms with Gasteiger partial charge in [0.15, 0.2) is 5.13 Å². The maximum Gasteiger partial charge on any atom is 0.405 e. The third kappa shape index (κ3) is 4.70. The van der Waals surface area contributed by atoms with Crippen LogP contribution in [-0.2, 0) is 4.79 Å². The standard InChI is InChI=1S/C9H12BrN3O3S/c1-2-3-5(12-9(15)16)7(14)13-8-11-4-6(10)17-8/h4-5,12H,2-3H2,1H3,(H,15,16)(H,11,13,14). The number of hydrogen-bond donors (Lipinski definition) is 3. The lowest BCUT2D eigenvalue weighted by Crippen LogP contribution is -2.43. The van der Waals surface area contributed by atoms with Crippen molar-refractivity contribution in [2.45, 2.75) is 25.8 Å². The fourth-order valence-corrected chi connectivity index (χ4v) is 2.32. The highest BCUT2D eigenvalue weighted by Gasteiger charge is 2.20. The van der Waals surface area contributed by atoms with Crippen LogP contribution in [0.4, 0.5) is 9.93 Å². The Morgan fingerprint density at radius 2 is 2.35 bits per heavy atom. The summed E-state index contributed by atoms with van der Waals surface area (Å²) in [5, 5.41) is 13.8. The number of hydrogen-bond acceptors (Lipinski definition) is 4. The Hall–Kier alpha value is -1.15. The molecule has 17 heavy (non-hydrogen) atoms. The average molecular weight is 322 g/mol. The molecular formula is C9H12BrN3O3S. The molecule has 0 radical (unpaired) electrons. The smallest absolute Gasteiger partial charge is 0.405 e. The van der Waals surface area contributed by atoms with E-state index in [1.807, 2.05) is 6.92 Å². The second-order valence-electron chi connectivity index (χ2n) is 3.25. The van der Waals surface area contributed by atoms with Crippen molar-refractivity contribution in [3.8, 4) is 0 Å². The van der Waals surface area contributed by atoms with E-state index in [-0.39, 0.29) is 0 Å². The Labute approximate surface area is 111 Å². The van der Waals surface area contributed by atoms with E-state index in [4.69, 9.17) is 5.11 Å². The number of aromatic nitrogens is 1. The van der Waals surface area contributed by atoms with E-state index in [0.717, 1.165) is 3.79 Å². The number of anilines is 1. The van der Waals surface area contributed by atoms with Gasteiger partial charge in [0.2, 0.25) is 5.91 Å². The van der Waals surface area contributed by atoms with E-state index >= 15 is 0 Å². The predicted molar refractivity (Wildman–Crippen MR) is 68.3 cm³/mol. The first-order valence-corrected chi connectivity index (χ1v) is 6.55. The minimum Gasteiger partial charge on any atom is -0.465 e. The molecule has 94 valence electrons. The minimum absolute atomic E-state index is 0.392. The zero-order chi connectivity index (χ0) is 12.8. The molecule has 1 rings (SSSR count). The molecule has 0 fully saturated rings. The van der Waals surface area contributed by atoms with Gasteiger partial charge >= 0.3 is 6.09 Å². The monoisotopic (exact) mass is 321 g/mol. The van der Waals surface area contributed by atoms with Gasteiger partial charge in [0.05, 0.1) is 9.98 Å². The summed E-state index contributed by atoms with van der Waals surface area (Å²) in [4.78, 5) is 26.2. The summed E-state index contributed by atoms with van der Waals surface area (Å²) in [6.07, 6.45) is 1.52. The van der Waals surface area contributed by atoms with Crippen LogP contribution in [0.5, 0.6) is 0 Å². The van der Waals surface area contributed by atoms with Gasteiger partial charge in [-0.25, -0.2) is 9.78 Å². The van der Waals surface area contributed by atoms with Crippen molar-refractivity contribution in [3.63, 3.8) is 0 Å². The molecule has 1 atom stereocenters. The van der Waals surface area contributed by atoms with Crippen LogP contribution < -0.4 is 10.6 Å². The maximum absolute atomic E-state index is 11.8. The summed E-state index contributed by atoms with van der Waals surface area (Å²) < 4.78 is 0.797. The van der Waals surface area contributed by atoms with Gasteiger partial charge in [0.1, 0.15) is 6.04 Å². The lowest BCUT2D eigenvalue weighted by Gasteiger charge is -2.14. The highest BCUT2D eigenvalue weighted by atomic mass is 79.9. The van der Waals surface area contributed by atoms with Crippen LogP contribution in [0.3, 0.4) is 0 Å². The molecule has 0 bridgehead atoms. The van der Waals surface area contributed by atoms with Crippen LogP contribution in [0.25, 0.3) is 0 Å². The average Bonchev–Trinajstić information content (AvgIpc) is 2.62. The maximum atomic E-state index is 11.8. The van der Waals surface area contributed by atoms with Crippen LogP contribution in [0.1, 0.15) is 19.8 Å². The fourth-order valence-electron chi connectivity index (χ4n) is 1.21. The highest BCUT2D eigenvalue weighted by molar-refractivity contribution is 9.11. The SMILES string of the molecule is CCCC(NC(=O)O)C(=O)Nc1ncc(Br)s1. The number of carbonyl (C=O) groups is 2. The second kappa shape index (κ2) is 6.55. The predicted octanol–water partition coefficient (Wildman–Crippen LogP) is 2.28. The zero-order valence-corrected chi connectivity index (χ0v) is 11.5. The number of halogens is 1. The molecule has 3 N–H and O–H groups in total. The van der Waals surface area contributed by atoms with Crippen molar-refractivity contribution in [1.29, 1.82) is 0 Å². The van der Waals surface area contributed by atoms with Crippen molar-refractivity contribution >= 4 is 44.4 Å². The number of thiazole rings is 1. The summed E-state index contributed by atoms with van der Waals surface area (Å²) in [6, 6.07) is -0.750. The molecule has 0 aliphatic rings. The Morgan fingerprint density at radius 1 is 1.65 bits per heavy atom. The van der Waals surface area contributed by atoms with Crippen molar-refractivity contribution in [2.24, 2.45) is 0 Å². The molecule has 0 saturated carbocycles. The summed E-state index contributed by atoms with van der Waals surface area (Å²) >= 11 is 4.49. The van der Waals surface area contributed by atoms with Crippen LogP contribution in [0.2, 0.25) is 0 Å². The van der Waals surface area contributed by atoms with Crippen molar-refractivity contribution in [3.05, 3.63) is 9.98 Å². The summed E-state index contributed by atoms with van der Waals surface area (Å²) in [7, 11) is 0. The van der Waals surface area contributed by atoms with E-state index in [1.165, 1.54) is 11.3 Å². The molecule has 0 saturated heterocycles. The first-order chi connectivity index (χ1) is 8.02. The van der Waals surface area contributed by atoms with Gasteiger partial charge in [-0.2, -0.15) is 0 Å². The third-order valence-electron chi connectivity index (χ3n) is 1.90. The van der Waals surface area contributed by atoms with Gasteiger partial charge < -0.3 is 15.7 Å². The first-order valence-electron chi connectivity index (χ1n) is 4.94. The lowest BCUT2D eigenvalue weighted by atomic mass is 10.1. The van der Waals surface area contributed by atoms with E-state index < -0.39 is 18.0 Å². The van der Waals surface area contributed by atoms with E-state index in [2.05, 4.69) is 31.5 Å². The molecule has 1 heterocycles. The Morgan fingerprint density at radius 3 is 2.82 bits per heavy atom. The van der Waals surface area contributed by atoms with Gasteiger partial charge in [-0.3, -0.25) is 4.79 Å². The number of nitrogens with zero attached hydrogens (tertiary/aromatic N) is 1. The Bertz CT molecular complexity index is 410. The first kappa shape index (κ1) is 13.9. The van der Waals surface area contributed by atoms with Gasteiger partial charge in [-0.15, -0.1) is 0 Å². The summed E-state index contributed by atoms with van der Waals surface area (Å²) in [5.41, 5.74) is 0. The largest absolute Gasteiger partial charge is 0.465 e. The van der Waals surface area contributed by atoms with Gasteiger partial charge in [-0.05, 0) is 22.4 Å².